The van der Waals surface area contributed by atoms with Crippen LogP contribution in [0.2, 0.25) is 10.0 Å². The van der Waals surface area contributed by atoms with E-state index in [2.05, 4.69) is 17.6 Å². The number of esters is 1. The number of aromatic nitrogens is 2. The number of urea groups is 1. The summed E-state index contributed by atoms with van der Waals surface area (Å²) in [4.78, 5) is 25.3. The fraction of sp³-hybridized carbons (Fsp3) is 0.250. The third kappa shape index (κ3) is 6.42. The van der Waals surface area contributed by atoms with Gasteiger partial charge in [-0.3, -0.25) is 10.1 Å². The van der Waals surface area contributed by atoms with E-state index in [1.807, 2.05) is 42.5 Å². The first-order chi connectivity index (χ1) is 17.9. The number of rotatable bonds is 9. The van der Waals surface area contributed by atoms with Gasteiger partial charge >= 0.3 is 12.0 Å². The van der Waals surface area contributed by atoms with Gasteiger partial charge in [0.1, 0.15) is 5.82 Å². The Morgan fingerprint density at radius 3 is 2.59 bits per heavy atom. The van der Waals surface area contributed by atoms with Crippen molar-refractivity contribution in [2.24, 2.45) is 0 Å². The standard InChI is InChI=1S/C28H28Cl2N4O3/c1-3-5-10-20-17-25(32-28(36)31-24-13-8-12-23(29)27(24)30)34(33-20)21-14-18-9-6-7-11-22(18)19(15-21)16-26(35)37-4-2/h6-9,11-15,17H,3-5,10,16H2,1-2H3,(H2,31,32,36). The van der Waals surface area contributed by atoms with Crippen LogP contribution in [0.3, 0.4) is 0 Å². The average molecular weight is 539 g/mol. The molecule has 1 heterocycles. The summed E-state index contributed by atoms with van der Waals surface area (Å²) in [5.41, 5.74) is 2.78. The van der Waals surface area contributed by atoms with Crippen molar-refractivity contribution in [1.29, 1.82) is 0 Å². The number of fused-ring (bicyclic) bond motifs is 1. The van der Waals surface area contributed by atoms with Crippen LogP contribution in [0.5, 0.6) is 0 Å². The van der Waals surface area contributed by atoms with E-state index in [-0.39, 0.29) is 17.4 Å². The van der Waals surface area contributed by atoms with Crippen LogP contribution in [0, 0.1) is 0 Å². The molecule has 0 aliphatic rings. The average Bonchev–Trinajstić information content (AvgIpc) is 3.28. The maximum atomic E-state index is 12.9. The van der Waals surface area contributed by atoms with Crippen LogP contribution in [-0.2, 0) is 22.4 Å². The molecule has 2 N–H and O–H groups in total. The largest absolute Gasteiger partial charge is 0.466 e. The predicted octanol–water partition coefficient (Wildman–Crippen LogP) is 7.42. The van der Waals surface area contributed by atoms with Crippen molar-refractivity contribution in [2.75, 3.05) is 17.2 Å². The van der Waals surface area contributed by atoms with Crippen LogP contribution in [0.15, 0.2) is 60.7 Å². The van der Waals surface area contributed by atoms with Gasteiger partial charge in [-0.1, -0.05) is 66.9 Å². The van der Waals surface area contributed by atoms with Crippen molar-refractivity contribution in [2.45, 2.75) is 39.5 Å². The molecule has 2 amide bonds. The normalized spacial score (nSPS) is 10.9. The lowest BCUT2D eigenvalue weighted by Crippen LogP contribution is -2.21. The molecule has 0 unspecified atom stereocenters. The number of nitrogens with one attached hydrogen (secondary N) is 2. The fourth-order valence-electron chi connectivity index (χ4n) is 4.07. The van der Waals surface area contributed by atoms with E-state index in [1.165, 1.54) is 0 Å². The predicted molar refractivity (Wildman–Crippen MR) is 149 cm³/mol. The molecule has 0 spiro atoms. The molecule has 192 valence electrons. The second-order valence-electron chi connectivity index (χ2n) is 8.52. The van der Waals surface area contributed by atoms with E-state index in [4.69, 9.17) is 33.0 Å². The van der Waals surface area contributed by atoms with Gasteiger partial charge in [-0.25, -0.2) is 9.48 Å². The maximum Gasteiger partial charge on any atom is 0.324 e. The van der Waals surface area contributed by atoms with Gasteiger partial charge < -0.3 is 10.1 Å². The number of aryl methyl sites for hydroxylation is 1. The summed E-state index contributed by atoms with van der Waals surface area (Å²) < 4.78 is 6.88. The molecule has 7 nitrogen and oxygen atoms in total. The molecule has 37 heavy (non-hydrogen) atoms. The van der Waals surface area contributed by atoms with E-state index in [1.54, 1.807) is 29.8 Å². The third-order valence-corrected chi connectivity index (χ3v) is 6.62. The highest BCUT2D eigenvalue weighted by atomic mass is 35.5. The van der Waals surface area contributed by atoms with Gasteiger partial charge in [0, 0.05) is 6.07 Å². The Hall–Kier alpha value is -3.55. The minimum atomic E-state index is -0.486. The van der Waals surface area contributed by atoms with Gasteiger partial charge in [0.2, 0.25) is 0 Å². The van der Waals surface area contributed by atoms with Crippen molar-refractivity contribution in [3.8, 4) is 5.69 Å². The number of nitrogens with zero attached hydrogens (tertiary/aromatic N) is 2. The summed E-state index contributed by atoms with van der Waals surface area (Å²) in [7, 11) is 0. The van der Waals surface area contributed by atoms with Crippen LogP contribution in [0.1, 0.15) is 37.9 Å². The lowest BCUT2D eigenvalue weighted by Gasteiger charge is -2.14. The molecular formula is C28H28Cl2N4O3. The van der Waals surface area contributed by atoms with Crippen molar-refractivity contribution < 1.29 is 14.3 Å². The molecule has 4 rings (SSSR count). The molecule has 1 aromatic heterocycles. The van der Waals surface area contributed by atoms with Gasteiger partial charge in [-0.2, -0.15) is 5.10 Å². The topological polar surface area (TPSA) is 85.2 Å². The smallest absolute Gasteiger partial charge is 0.324 e. The van der Waals surface area contributed by atoms with Crippen molar-refractivity contribution in [1.82, 2.24) is 9.78 Å². The van der Waals surface area contributed by atoms with E-state index < -0.39 is 6.03 Å². The molecule has 3 aromatic carbocycles. The molecule has 0 saturated heterocycles. The summed E-state index contributed by atoms with van der Waals surface area (Å²) in [5.74, 6) is 0.184. The molecule has 0 fully saturated rings. The Bertz CT molecular complexity index is 1430. The fourth-order valence-corrected chi connectivity index (χ4v) is 4.42. The molecule has 9 heteroatoms. The van der Waals surface area contributed by atoms with E-state index in [9.17, 15) is 9.59 Å². The summed E-state index contributed by atoms with van der Waals surface area (Å²) in [5, 5.41) is 12.9. The number of carbonyl (C=O) groups is 2. The first-order valence-electron chi connectivity index (χ1n) is 12.2. The number of carbonyl (C=O) groups excluding carboxylic acids is 2. The molecule has 0 aliphatic heterocycles. The van der Waals surface area contributed by atoms with Crippen molar-refractivity contribution in [3.05, 3.63) is 82.0 Å². The lowest BCUT2D eigenvalue weighted by molar-refractivity contribution is -0.142. The van der Waals surface area contributed by atoms with Gasteiger partial charge in [-0.05, 0) is 60.4 Å². The van der Waals surface area contributed by atoms with Crippen LogP contribution < -0.4 is 10.6 Å². The SMILES string of the molecule is CCCCc1cc(NC(=O)Nc2cccc(Cl)c2Cl)n(-c2cc(CC(=O)OCC)c3ccccc3c2)n1. The van der Waals surface area contributed by atoms with Gasteiger partial charge in [-0.15, -0.1) is 0 Å². The molecule has 0 atom stereocenters. The van der Waals surface area contributed by atoms with E-state index in [0.29, 0.717) is 23.1 Å². The Kier molecular flexibility index (Phi) is 8.69. The molecule has 0 saturated carbocycles. The quantitative estimate of drug-likeness (QED) is 0.217. The van der Waals surface area contributed by atoms with Crippen molar-refractivity contribution >= 4 is 57.5 Å². The highest BCUT2D eigenvalue weighted by molar-refractivity contribution is 6.44. The van der Waals surface area contributed by atoms with Crippen LogP contribution >= 0.6 is 23.2 Å². The van der Waals surface area contributed by atoms with Crippen LogP contribution in [0.4, 0.5) is 16.3 Å². The summed E-state index contributed by atoms with van der Waals surface area (Å²) in [6, 6.07) is 18.1. The lowest BCUT2D eigenvalue weighted by atomic mass is 10.0. The molecule has 4 aromatic rings. The number of ether oxygens (including phenoxy) is 1. The Labute approximate surface area is 225 Å². The summed E-state index contributed by atoms with van der Waals surface area (Å²) >= 11 is 12.3. The minimum absolute atomic E-state index is 0.128. The number of unbranched alkanes of at least 4 members (excludes halogenated alkanes) is 1. The summed E-state index contributed by atoms with van der Waals surface area (Å²) in [6.07, 6.45) is 2.88. The molecule has 0 bridgehead atoms. The third-order valence-electron chi connectivity index (χ3n) is 5.80. The highest BCUT2D eigenvalue weighted by Gasteiger charge is 2.17. The molecule has 0 aliphatic carbocycles. The number of benzene rings is 3. The van der Waals surface area contributed by atoms with Gasteiger partial charge in [0.25, 0.3) is 0 Å². The number of halogens is 2. The zero-order valence-corrected chi connectivity index (χ0v) is 22.2. The molecular weight excluding hydrogens is 511 g/mol. The van der Waals surface area contributed by atoms with Crippen molar-refractivity contribution in [3.63, 3.8) is 0 Å². The number of hydrogen-bond acceptors (Lipinski definition) is 4. The maximum absolute atomic E-state index is 12.9. The Balaban J connectivity index is 1.72. The monoisotopic (exact) mass is 538 g/mol. The second-order valence-corrected chi connectivity index (χ2v) is 9.31. The van der Waals surface area contributed by atoms with Crippen LogP contribution in [-0.4, -0.2) is 28.4 Å². The van der Waals surface area contributed by atoms with E-state index in [0.717, 1.165) is 47.0 Å². The zero-order chi connectivity index (χ0) is 26.4. The van der Waals surface area contributed by atoms with Gasteiger partial charge in [0.05, 0.1) is 40.1 Å². The number of amides is 2. The first kappa shape index (κ1) is 26.5. The highest BCUT2D eigenvalue weighted by Crippen LogP contribution is 2.30. The minimum Gasteiger partial charge on any atom is -0.466 e. The van der Waals surface area contributed by atoms with E-state index >= 15 is 0 Å². The second kappa shape index (κ2) is 12.1. The number of anilines is 2. The Morgan fingerprint density at radius 1 is 1.00 bits per heavy atom. The zero-order valence-electron chi connectivity index (χ0n) is 20.7. The molecule has 0 radical (unpaired) electrons. The van der Waals surface area contributed by atoms with Crippen LogP contribution in [0.25, 0.3) is 16.5 Å². The van der Waals surface area contributed by atoms with Gasteiger partial charge in [0.15, 0.2) is 0 Å². The number of hydrogen-bond donors (Lipinski definition) is 2. The first-order valence-corrected chi connectivity index (χ1v) is 12.9. The Morgan fingerprint density at radius 2 is 1.81 bits per heavy atom. The summed E-state index contributed by atoms with van der Waals surface area (Å²) in [6.45, 7) is 4.22.